The lowest BCUT2D eigenvalue weighted by Gasteiger charge is -2.48. The molecule has 3 aliphatic heterocycles. The Morgan fingerprint density at radius 2 is 1.87 bits per heavy atom. The van der Waals surface area contributed by atoms with Crippen molar-refractivity contribution in [3.63, 3.8) is 0 Å². The van der Waals surface area contributed by atoms with Gasteiger partial charge in [-0.15, -0.1) is 0 Å². The zero-order chi connectivity index (χ0) is 36.8. The van der Waals surface area contributed by atoms with Crippen molar-refractivity contribution in [2.24, 2.45) is 10.9 Å². The summed E-state index contributed by atoms with van der Waals surface area (Å²) in [6.45, 7) is 2.76. The van der Waals surface area contributed by atoms with Gasteiger partial charge in [-0.3, -0.25) is 9.79 Å². The largest absolute Gasteiger partial charge is 0.508 e. The number of phenolic OH excluding ortho intramolecular Hbond substituents is 1. The number of nitrogens with zero attached hydrogens (tertiary/aromatic N) is 2. The minimum atomic E-state index is -2.21. The Kier molecular flexibility index (Phi) is 10.0. The van der Waals surface area contributed by atoms with Gasteiger partial charge >= 0.3 is 0 Å². The minimum absolute atomic E-state index is 0.00130. The number of benzene rings is 2. The van der Waals surface area contributed by atoms with Crippen LogP contribution in [0, 0.1) is 12.8 Å². The first-order chi connectivity index (χ1) is 24.9. The maximum Gasteiger partial charge on any atom is 0.193 e. The number of hydrogen-bond acceptors (Lipinski definition) is 13. The lowest BCUT2D eigenvalue weighted by atomic mass is 9.72. The van der Waals surface area contributed by atoms with E-state index in [4.69, 9.17) is 18.9 Å². The van der Waals surface area contributed by atoms with Gasteiger partial charge < -0.3 is 44.7 Å². The molecule has 0 saturated heterocycles. The first kappa shape index (κ1) is 36.3. The van der Waals surface area contributed by atoms with E-state index in [2.05, 4.69) is 4.99 Å². The Hall–Kier alpha value is -4.08. The molecule has 4 heterocycles. The summed E-state index contributed by atoms with van der Waals surface area (Å²) in [4.78, 5) is 31.9. The first-order valence-corrected chi connectivity index (χ1v) is 17.8. The van der Waals surface area contributed by atoms with Crippen LogP contribution in [0.4, 0.5) is 5.69 Å². The molecular formula is C39H46N2O11. The summed E-state index contributed by atoms with van der Waals surface area (Å²) in [5, 5.41) is 63.3. The normalized spacial score (nSPS) is 24.4. The number of phenols is 1. The third-order valence-corrected chi connectivity index (χ3v) is 11.0. The van der Waals surface area contributed by atoms with Crippen LogP contribution in [-0.4, -0.2) is 92.2 Å². The lowest BCUT2D eigenvalue weighted by molar-refractivity contribution is -0.374. The molecule has 13 nitrogen and oxygen atoms in total. The van der Waals surface area contributed by atoms with Gasteiger partial charge in [0.05, 0.1) is 24.2 Å². The molecule has 3 aromatic rings. The third-order valence-electron chi connectivity index (χ3n) is 11.0. The van der Waals surface area contributed by atoms with E-state index < -0.39 is 48.8 Å². The molecule has 1 fully saturated rings. The van der Waals surface area contributed by atoms with Crippen LogP contribution in [0.2, 0.25) is 0 Å². The van der Waals surface area contributed by atoms with E-state index in [0.717, 1.165) is 43.4 Å². The van der Waals surface area contributed by atoms with Gasteiger partial charge in [0.1, 0.15) is 59.4 Å². The maximum atomic E-state index is 13.4. The molecule has 0 radical (unpaired) electrons. The van der Waals surface area contributed by atoms with E-state index >= 15 is 0 Å². The summed E-state index contributed by atoms with van der Waals surface area (Å²) in [5.74, 6) is 1.11. The van der Waals surface area contributed by atoms with E-state index in [-0.39, 0.29) is 29.9 Å². The topological polar surface area (TPSA) is 195 Å². The van der Waals surface area contributed by atoms with E-state index in [0.29, 0.717) is 45.8 Å². The number of hydrogen-bond donors (Lipinski definition) is 6. The van der Waals surface area contributed by atoms with E-state index in [1.165, 1.54) is 18.2 Å². The average molecular weight is 719 g/mol. The van der Waals surface area contributed by atoms with Gasteiger partial charge in [0, 0.05) is 48.4 Å². The quantitative estimate of drug-likeness (QED) is 0.119. The molecule has 2 aromatic carbocycles. The number of aliphatic hydroxyl groups is 5. The molecule has 0 spiro atoms. The molecule has 1 aromatic heterocycles. The van der Waals surface area contributed by atoms with Crippen LogP contribution in [0.1, 0.15) is 55.9 Å². The number of fused-ring (bicyclic) bond motifs is 3. The molecule has 6 N–H and O–H groups in total. The predicted molar refractivity (Wildman–Crippen MR) is 191 cm³/mol. The molecule has 0 amide bonds. The van der Waals surface area contributed by atoms with E-state index in [9.17, 15) is 35.4 Å². The Balaban J connectivity index is 1.24. The number of aryl methyl sites for hydroxylation is 1. The highest BCUT2D eigenvalue weighted by molar-refractivity contribution is 5.96. The van der Waals surface area contributed by atoms with Gasteiger partial charge in [0.25, 0.3) is 0 Å². The van der Waals surface area contributed by atoms with E-state index in [1.807, 2.05) is 24.1 Å². The second kappa shape index (κ2) is 14.4. The van der Waals surface area contributed by atoms with Gasteiger partial charge in [-0.05, 0) is 56.5 Å². The lowest BCUT2D eigenvalue weighted by Crippen LogP contribution is -2.58. The number of rotatable bonds is 12. The number of ether oxygens (including phenoxy) is 1. The molecular weight excluding hydrogens is 672 g/mol. The molecule has 0 bridgehead atoms. The fourth-order valence-electron chi connectivity index (χ4n) is 8.00. The van der Waals surface area contributed by atoms with E-state index in [1.54, 1.807) is 31.3 Å². The molecule has 7 rings (SSSR count). The standard InChI is InChI=1S/C39H46N2O11/c1-22-14-30(44)28-15-25-16-32(52-49-21-39(48,37(47)34(46)31(45)20-42)17-23-8-10-27(43)11-9-23)38(2,26-6-4-3-5-7-26)51-35(25)33(36(28)50-22)41-18-24-12-13-40-29(24)19-41/h8-15,19,26,31-32,34,37,42-43,45-48H,3-7,16-18,20-21H2,1-2H3/t31-,32-,34-,37+,38-,39+/m1/s1. The van der Waals surface area contributed by atoms with Crippen LogP contribution < -0.4 is 15.1 Å². The van der Waals surface area contributed by atoms with Crippen molar-refractivity contribution in [2.75, 3.05) is 24.7 Å². The van der Waals surface area contributed by atoms with Crippen LogP contribution in [0.15, 0.2) is 74.1 Å². The smallest absolute Gasteiger partial charge is 0.193 e. The van der Waals surface area contributed by atoms with Crippen molar-refractivity contribution in [3.8, 4) is 11.5 Å². The van der Waals surface area contributed by atoms with Gasteiger partial charge in [-0.25, -0.2) is 9.78 Å². The predicted octanol–water partition coefficient (Wildman–Crippen LogP) is 3.12. The molecule has 4 aliphatic rings. The summed E-state index contributed by atoms with van der Waals surface area (Å²) in [5.41, 5.74) is 0.776. The zero-order valence-electron chi connectivity index (χ0n) is 29.3. The van der Waals surface area contributed by atoms with Crippen molar-refractivity contribution >= 4 is 22.9 Å². The second-order valence-corrected chi connectivity index (χ2v) is 14.7. The highest BCUT2D eigenvalue weighted by Crippen LogP contribution is 2.51. The summed E-state index contributed by atoms with van der Waals surface area (Å²) in [6.07, 6.45) is 4.20. The highest BCUT2D eigenvalue weighted by atomic mass is 17.2. The third kappa shape index (κ3) is 6.78. The van der Waals surface area contributed by atoms with Gasteiger partial charge in [-0.2, -0.15) is 0 Å². The van der Waals surface area contributed by atoms with Crippen molar-refractivity contribution in [1.82, 2.24) is 0 Å². The SMILES string of the molecule is Cc1cc(=O)c2cc3c(c(N4C=C5N=CC=C5C4)c2o1)O[C@](C)(C1CCCCC1)[C@H](OOC[C@@](O)(Cc1ccc(O)cc1)[C@@H](O)[C@H](O)[C@H](O)CO)C3. The average Bonchev–Trinajstić information content (AvgIpc) is 3.75. The van der Waals surface area contributed by atoms with Crippen LogP contribution in [0.5, 0.6) is 11.5 Å². The van der Waals surface area contributed by atoms with Gasteiger partial charge in [0.15, 0.2) is 16.8 Å². The summed E-state index contributed by atoms with van der Waals surface area (Å²) in [7, 11) is 0. The maximum absolute atomic E-state index is 13.4. The summed E-state index contributed by atoms with van der Waals surface area (Å²) < 4.78 is 13.4. The van der Waals surface area contributed by atoms with Crippen LogP contribution in [-0.2, 0) is 22.6 Å². The molecule has 52 heavy (non-hydrogen) atoms. The Morgan fingerprint density at radius 1 is 1.12 bits per heavy atom. The molecule has 0 unspecified atom stereocenters. The minimum Gasteiger partial charge on any atom is -0.508 e. The van der Waals surface area contributed by atoms with Gasteiger partial charge in [0.2, 0.25) is 0 Å². The molecule has 1 aliphatic carbocycles. The number of aliphatic hydroxyl groups excluding tert-OH is 4. The molecule has 1 saturated carbocycles. The summed E-state index contributed by atoms with van der Waals surface area (Å²) in [6, 6.07) is 9.15. The fraction of sp³-hybridized carbons (Fsp3) is 0.487. The zero-order valence-corrected chi connectivity index (χ0v) is 29.3. The van der Waals surface area contributed by atoms with Crippen LogP contribution in [0.3, 0.4) is 0 Å². The van der Waals surface area contributed by atoms with Crippen molar-refractivity contribution < 1.29 is 49.6 Å². The first-order valence-electron chi connectivity index (χ1n) is 17.8. The summed E-state index contributed by atoms with van der Waals surface area (Å²) >= 11 is 0. The Morgan fingerprint density at radius 3 is 2.58 bits per heavy atom. The second-order valence-electron chi connectivity index (χ2n) is 14.7. The molecule has 13 heteroatoms. The van der Waals surface area contributed by atoms with Crippen molar-refractivity contribution in [1.29, 1.82) is 0 Å². The van der Waals surface area contributed by atoms with Crippen LogP contribution in [0.25, 0.3) is 11.0 Å². The van der Waals surface area contributed by atoms with Gasteiger partial charge in [-0.1, -0.05) is 31.4 Å². The fourth-order valence-corrected chi connectivity index (χ4v) is 8.00. The molecule has 278 valence electrons. The molecule has 6 atom stereocenters. The number of aliphatic imine (C=N–C) groups is 1. The van der Waals surface area contributed by atoms with Crippen molar-refractivity contribution in [3.05, 3.63) is 87.1 Å². The Labute approximate surface area is 300 Å². The number of anilines is 1. The Bertz CT molecular complexity index is 1950. The monoisotopic (exact) mass is 718 g/mol. The number of allylic oxidation sites excluding steroid dienone is 1. The highest BCUT2D eigenvalue weighted by Gasteiger charge is 2.51. The van der Waals surface area contributed by atoms with Crippen molar-refractivity contribution in [2.45, 2.75) is 94.4 Å². The number of aromatic hydroxyl groups is 1. The van der Waals surface area contributed by atoms with Crippen LogP contribution >= 0.6 is 0 Å².